The molecule has 140 valence electrons. The van der Waals surface area contributed by atoms with Gasteiger partial charge in [0.05, 0.1) is 13.0 Å². The molecule has 0 saturated heterocycles. The predicted octanol–water partition coefficient (Wildman–Crippen LogP) is 5.24. The fourth-order valence-electron chi connectivity index (χ4n) is 3.63. The third kappa shape index (κ3) is 3.84. The molecule has 3 heteroatoms. The van der Waals surface area contributed by atoms with Crippen LogP contribution in [0, 0.1) is 5.92 Å². The summed E-state index contributed by atoms with van der Waals surface area (Å²) in [5.74, 6) is 0.931. The summed E-state index contributed by atoms with van der Waals surface area (Å²) in [6.07, 6.45) is 2.70. The maximum atomic E-state index is 13.0. The highest BCUT2D eigenvalue weighted by atomic mass is 16.5. The van der Waals surface area contributed by atoms with Gasteiger partial charge in [-0.1, -0.05) is 72.8 Å². The zero-order valence-corrected chi connectivity index (χ0v) is 15.7. The van der Waals surface area contributed by atoms with Gasteiger partial charge in [-0.25, -0.2) is 0 Å². The highest BCUT2D eigenvalue weighted by molar-refractivity contribution is 5.84. The molecule has 1 aliphatic heterocycles. The molecule has 4 rings (SSSR count). The number of esters is 1. The van der Waals surface area contributed by atoms with Crippen molar-refractivity contribution in [2.24, 2.45) is 5.92 Å². The molecule has 0 amide bonds. The highest BCUT2D eigenvalue weighted by Crippen LogP contribution is 2.38. The number of hydrogen-bond acceptors (Lipinski definition) is 3. The maximum Gasteiger partial charge on any atom is 0.315 e. The van der Waals surface area contributed by atoms with Crippen molar-refractivity contribution in [3.63, 3.8) is 0 Å². The van der Waals surface area contributed by atoms with E-state index < -0.39 is 0 Å². The van der Waals surface area contributed by atoms with Gasteiger partial charge in [0.15, 0.2) is 0 Å². The second kappa shape index (κ2) is 8.13. The summed E-state index contributed by atoms with van der Waals surface area (Å²) >= 11 is 0. The first-order valence-electron chi connectivity index (χ1n) is 9.41. The van der Waals surface area contributed by atoms with Gasteiger partial charge in [-0.3, -0.25) is 4.79 Å². The van der Waals surface area contributed by atoms with Crippen LogP contribution in [0.3, 0.4) is 0 Å². The van der Waals surface area contributed by atoms with Gasteiger partial charge >= 0.3 is 5.97 Å². The van der Waals surface area contributed by atoms with Crippen LogP contribution >= 0.6 is 0 Å². The molecule has 3 aromatic carbocycles. The number of methoxy groups -OCH3 is 1. The minimum Gasteiger partial charge on any atom is -0.497 e. The van der Waals surface area contributed by atoms with Crippen molar-refractivity contribution in [3.8, 4) is 5.75 Å². The highest BCUT2D eigenvalue weighted by Gasteiger charge is 2.35. The Bertz CT molecular complexity index is 960. The van der Waals surface area contributed by atoms with Gasteiger partial charge in [0, 0.05) is 11.5 Å². The third-order valence-corrected chi connectivity index (χ3v) is 5.14. The lowest BCUT2D eigenvalue weighted by Crippen LogP contribution is -2.29. The van der Waals surface area contributed by atoms with E-state index in [1.807, 2.05) is 72.8 Å². The Morgan fingerprint density at radius 3 is 2.14 bits per heavy atom. The second-order valence-electron chi connectivity index (χ2n) is 6.91. The second-order valence-corrected chi connectivity index (χ2v) is 6.91. The summed E-state index contributed by atoms with van der Waals surface area (Å²) in [7, 11) is 1.65. The number of carbonyl (C=O) groups excluding carboxylic acids is 1. The SMILES string of the molecule is COc1ccc(C[C@@H]2C(=O)OC(c3ccccc3)=C[C@@H]2c2ccccc2)cc1. The molecule has 0 unspecified atom stereocenters. The van der Waals surface area contributed by atoms with Gasteiger partial charge in [0.1, 0.15) is 11.5 Å². The summed E-state index contributed by atoms with van der Waals surface area (Å²) < 4.78 is 11.0. The van der Waals surface area contributed by atoms with Crippen LogP contribution in [0.4, 0.5) is 0 Å². The summed E-state index contributed by atoms with van der Waals surface area (Å²) in [4.78, 5) is 13.0. The molecule has 28 heavy (non-hydrogen) atoms. The molecule has 0 fully saturated rings. The Kier molecular flexibility index (Phi) is 5.24. The molecule has 0 spiro atoms. The lowest BCUT2D eigenvalue weighted by molar-refractivity contribution is -0.142. The maximum absolute atomic E-state index is 13.0. The molecule has 0 radical (unpaired) electrons. The average Bonchev–Trinajstić information content (AvgIpc) is 2.76. The van der Waals surface area contributed by atoms with E-state index in [2.05, 4.69) is 18.2 Å². The van der Waals surface area contributed by atoms with E-state index >= 15 is 0 Å². The summed E-state index contributed by atoms with van der Waals surface area (Å²) in [5.41, 5.74) is 3.12. The van der Waals surface area contributed by atoms with E-state index in [0.29, 0.717) is 12.2 Å². The van der Waals surface area contributed by atoms with E-state index in [1.54, 1.807) is 7.11 Å². The number of benzene rings is 3. The molecule has 0 aliphatic carbocycles. The van der Waals surface area contributed by atoms with Crippen molar-refractivity contribution in [1.82, 2.24) is 0 Å². The van der Waals surface area contributed by atoms with E-state index in [9.17, 15) is 4.79 Å². The lowest BCUT2D eigenvalue weighted by atomic mass is 9.80. The Labute approximate surface area is 165 Å². The predicted molar refractivity (Wildman–Crippen MR) is 110 cm³/mol. The van der Waals surface area contributed by atoms with Crippen molar-refractivity contribution in [3.05, 3.63) is 108 Å². The van der Waals surface area contributed by atoms with Crippen LogP contribution in [0.15, 0.2) is 91.0 Å². The van der Waals surface area contributed by atoms with Crippen molar-refractivity contribution < 1.29 is 14.3 Å². The fraction of sp³-hybridized carbons (Fsp3) is 0.160. The minimum absolute atomic E-state index is 0.0419. The Morgan fingerprint density at radius 2 is 1.50 bits per heavy atom. The summed E-state index contributed by atoms with van der Waals surface area (Å²) in [6, 6.07) is 27.8. The number of hydrogen-bond donors (Lipinski definition) is 0. The van der Waals surface area contributed by atoms with Crippen LogP contribution < -0.4 is 4.74 Å². The van der Waals surface area contributed by atoms with Gasteiger partial charge in [-0.2, -0.15) is 0 Å². The van der Waals surface area contributed by atoms with Gasteiger partial charge in [0.25, 0.3) is 0 Å². The normalized spacial score (nSPS) is 18.9. The largest absolute Gasteiger partial charge is 0.497 e. The van der Waals surface area contributed by atoms with Crippen LogP contribution in [0.1, 0.15) is 22.6 Å². The minimum atomic E-state index is -0.275. The molecule has 1 aliphatic rings. The molecular formula is C25H22O3. The molecule has 0 bridgehead atoms. The van der Waals surface area contributed by atoms with Crippen molar-refractivity contribution >= 4 is 11.7 Å². The van der Waals surface area contributed by atoms with Crippen molar-refractivity contribution in [2.75, 3.05) is 7.11 Å². The first kappa shape index (κ1) is 18.1. The molecular weight excluding hydrogens is 348 g/mol. The van der Waals surface area contributed by atoms with Crippen LogP contribution in [0.2, 0.25) is 0 Å². The van der Waals surface area contributed by atoms with Gasteiger partial charge < -0.3 is 9.47 Å². The molecule has 2 atom stereocenters. The molecule has 0 N–H and O–H groups in total. The topological polar surface area (TPSA) is 35.5 Å². The van der Waals surface area contributed by atoms with Gasteiger partial charge in [-0.05, 0) is 35.8 Å². The first-order valence-corrected chi connectivity index (χ1v) is 9.41. The van der Waals surface area contributed by atoms with E-state index in [4.69, 9.17) is 9.47 Å². The van der Waals surface area contributed by atoms with Crippen LogP contribution in [-0.4, -0.2) is 13.1 Å². The van der Waals surface area contributed by atoms with E-state index in [-0.39, 0.29) is 17.8 Å². The van der Waals surface area contributed by atoms with Crippen molar-refractivity contribution in [2.45, 2.75) is 12.3 Å². The summed E-state index contributed by atoms with van der Waals surface area (Å²) in [5, 5.41) is 0. The fourth-order valence-corrected chi connectivity index (χ4v) is 3.63. The standard InChI is InChI=1S/C25H22O3/c1-27-21-14-12-18(13-15-21)16-23-22(19-8-4-2-5-9-19)17-24(28-25(23)26)20-10-6-3-7-11-20/h2-15,17,22-23H,16H2,1H3/t22-,23+/m1/s1. The smallest absolute Gasteiger partial charge is 0.315 e. The molecule has 3 nitrogen and oxygen atoms in total. The number of allylic oxidation sites excluding steroid dienone is 1. The zero-order valence-electron chi connectivity index (χ0n) is 15.7. The number of rotatable bonds is 5. The Morgan fingerprint density at radius 1 is 0.857 bits per heavy atom. The number of carbonyl (C=O) groups is 1. The number of cyclic esters (lactones) is 1. The van der Waals surface area contributed by atoms with Crippen LogP contribution in [-0.2, 0) is 16.0 Å². The third-order valence-electron chi connectivity index (χ3n) is 5.14. The van der Waals surface area contributed by atoms with Gasteiger partial charge in [-0.15, -0.1) is 0 Å². The lowest BCUT2D eigenvalue weighted by Gasteiger charge is -2.29. The number of ether oxygens (including phenoxy) is 2. The average molecular weight is 370 g/mol. The Hall–Kier alpha value is -3.33. The van der Waals surface area contributed by atoms with Crippen molar-refractivity contribution in [1.29, 1.82) is 0 Å². The molecule has 0 aromatic heterocycles. The quantitative estimate of drug-likeness (QED) is 0.577. The van der Waals surface area contributed by atoms with Crippen LogP contribution in [0.25, 0.3) is 5.76 Å². The van der Waals surface area contributed by atoms with E-state index in [1.165, 1.54) is 0 Å². The molecule has 1 heterocycles. The monoisotopic (exact) mass is 370 g/mol. The molecule has 3 aromatic rings. The van der Waals surface area contributed by atoms with Gasteiger partial charge in [0.2, 0.25) is 0 Å². The summed E-state index contributed by atoms with van der Waals surface area (Å²) in [6.45, 7) is 0. The van der Waals surface area contributed by atoms with E-state index in [0.717, 1.165) is 22.4 Å². The van der Waals surface area contributed by atoms with Crippen LogP contribution in [0.5, 0.6) is 5.75 Å². The zero-order chi connectivity index (χ0) is 19.3. The Balaban J connectivity index is 1.69. The molecule has 0 saturated carbocycles. The first-order chi connectivity index (χ1) is 13.7.